The Labute approximate surface area is 160 Å². The van der Waals surface area contributed by atoms with Crippen molar-refractivity contribution in [1.29, 1.82) is 0 Å². The van der Waals surface area contributed by atoms with E-state index >= 15 is 0 Å². The largest absolute Gasteiger partial charge is 0.385 e. The number of nitrogens with zero attached hydrogens (tertiary/aromatic N) is 3. The monoisotopic (exact) mass is 375 g/mol. The van der Waals surface area contributed by atoms with E-state index in [1.54, 1.807) is 12.1 Å². The topological polar surface area (TPSA) is 47.0 Å². The lowest BCUT2D eigenvalue weighted by atomic mass is 9.84. The molecule has 27 heavy (non-hydrogen) atoms. The van der Waals surface area contributed by atoms with Crippen molar-refractivity contribution in [2.75, 3.05) is 45.8 Å². The van der Waals surface area contributed by atoms with Crippen molar-refractivity contribution < 1.29 is 14.3 Å². The number of hydrogen-bond acceptors (Lipinski definition) is 4. The lowest BCUT2D eigenvalue weighted by Crippen LogP contribution is -2.55. The van der Waals surface area contributed by atoms with Crippen molar-refractivity contribution in [3.63, 3.8) is 0 Å². The fourth-order valence-electron chi connectivity index (χ4n) is 4.53. The van der Waals surface area contributed by atoms with Crippen LogP contribution in [0.15, 0.2) is 24.3 Å². The first kappa shape index (κ1) is 18.8. The van der Waals surface area contributed by atoms with Crippen LogP contribution in [0.3, 0.4) is 0 Å². The van der Waals surface area contributed by atoms with Crippen molar-refractivity contribution >= 4 is 5.91 Å². The van der Waals surface area contributed by atoms with Crippen LogP contribution in [0, 0.1) is 5.82 Å². The average Bonchev–Trinajstić information content (AvgIpc) is 2.63. The molecule has 148 valence electrons. The molecule has 0 radical (unpaired) electrons. The molecular weight excluding hydrogens is 345 g/mol. The molecule has 0 bridgehead atoms. The molecule has 0 spiro atoms. The van der Waals surface area contributed by atoms with Gasteiger partial charge < -0.3 is 10.0 Å². The molecule has 2 heterocycles. The number of piperidine rings is 1. The predicted molar refractivity (Wildman–Crippen MR) is 102 cm³/mol. The third-order valence-electron chi connectivity index (χ3n) is 6.66. The molecule has 1 saturated carbocycles. The molecular formula is C21H30FN3O2. The zero-order valence-corrected chi connectivity index (χ0v) is 15.9. The lowest BCUT2D eigenvalue weighted by molar-refractivity contribution is -0.136. The van der Waals surface area contributed by atoms with Gasteiger partial charge in [0.1, 0.15) is 5.82 Å². The SMILES string of the molecule is O=C(CN1CCC(O)(c2cccc(F)c2)CC1)N1CCN(C2CCC2)CC1. The van der Waals surface area contributed by atoms with Crippen LogP contribution in [0.5, 0.6) is 0 Å². The van der Waals surface area contributed by atoms with Gasteiger partial charge in [-0.25, -0.2) is 4.39 Å². The second kappa shape index (κ2) is 7.86. The minimum absolute atomic E-state index is 0.194. The van der Waals surface area contributed by atoms with Crippen molar-refractivity contribution in [2.45, 2.75) is 43.7 Å². The van der Waals surface area contributed by atoms with Gasteiger partial charge in [-0.15, -0.1) is 0 Å². The van der Waals surface area contributed by atoms with Gasteiger partial charge in [0.25, 0.3) is 0 Å². The third-order valence-corrected chi connectivity index (χ3v) is 6.66. The smallest absolute Gasteiger partial charge is 0.236 e. The molecule has 0 atom stereocenters. The first-order valence-corrected chi connectivity index (χ1v) is 10.3. The number of carbonyl (C=O) groups excluding carboxylic acids is 1. The standard InChI is InChI=1S/C21H30FN3O2/c22-18-4-1-3-17(15-18)21(27)7-9-23(10-8-21)16-20(26)25-13-11-24(12-14-25)19-5-2-6-19/h1,3-4,15,19,27H,2,5-14,16H2. The van der Waals surface area contributed by atoms with E-state index < -0.39 is 5.60 Å². The lowest BCUT2D eigenvalue weighted by Gasteiger charge is -2.43. The maximum absolute atomic E-state index is 13.5. The van der Waals surface area contributed by atoms with E-state index in [-0.39, 0.29) is 11.7 Å². The molecule has 1 N–H and O–H groups in total. The number of aliphatic hydroxyl groups is 1. The van der Waals surface area contributed by atoms with Gasteiger partial charge in [-0.05, 0) is 43.4 Å². The van der Waals surface area contributed by atoms with Gasteiger partial charge in [0, 0.05) is 45.3 Å². The molecule has 1 aromatic rings. The Kier molecular flexibility index (Phi) is 5.48. The van der Waals surface area contributed by atoms with Crippen molar-refractivity contribution in [3.8, 4) is 0 Å². The highest BCUT2D eigenvalue weighted by Gasteiger charge is 2.35. The summed E-state index contributed by atoms with van der Waals surface area (Å²) in [6, 6.07) is 6.99. The molecule has 3 fully saturated rings. The van der Waals surface area contributed by atoms with E-state index in [1.807, 2.05) is 4.90 Å². The molecule has 6 heteroatoms. The molecule has 1 amide bonds. The second-order valence-corrected chi connectivity index (χ2v) is 8.32. The van der Waals surface area contributed by atoms with Crippen LogP contribution < -0.4 is 0 Å². The number of carbonyl (C=O) groups is 1. The third kappa shape index (κ3) is 4.18. The molecule has 0 aromatic heterocycles. The summed E-state index contributed by atoms with van der Waals surface area (Å²) in [6.45, 7) is 5.38. The molecule has 2 saturated heterocycles. The highest BCUT2D eigenvalue weighted by Crippen LogP contribution is 2.33. The summed E-state index contributed by atoms with van der Waals surface area (Å²) in [5, 5.41) is 10.9. The number of piperazine rings is 1. The van der Waals surface area contributed by atoms with Gasteiger partial charge in [-0.2, -0.15) is 0 Å². The number of halogens is 1. The normalized spacial score (nSPS) is 24.6. The fraction of sp³-hybridized carbons (Fsp3) is 0.667. The Balaban J connectivity index is 1.25. The van der Waals surface area contributed by atoms with Crippen LogP contribution in [0.1, 0.15) is 37.7 Å². The van der Waals surface area contributed by atoms with E-state index in [0.29, 0.717) is 38.0 Å². The average molecular weight is 375 g/mol. The zero-order valence-electron chi connectivity index (χ0n) is 15.9. The molecule has 1 aliphatic carbocycles. The van der Waals surface area contributed by atoms with Crippen LogP contribution in [0.25, 0.3) is 0 Å². The maximum Gasteiger partial charge on any atom is 0.236 e. The van der Waals surface area contributed by atoms with Gasteiger partial charge in [0.2, 0.25) is 5.91 Å². The number of likely N-dealkylation sites (tertiary alicyclic amines) is 1. The fourth-order valence-corrected chi connectivity index (χ4v) is 4.53. The Morgan fingerprint density at radius 2 is 1.81 bits per heavy atom. The summed E-state index contributed by atoms with van der Waals surface area (Å²) in [5.74, 6) is -0.126. The van der Waals surface area contributed by atoms with E-state index in [9.17, 15) is 14.3 Å². The van der Waals surface area contributed by atoms with E-state index in [1.165, 1.54) is 31.4 Å². The molecule has 0 unspecified atom stereocenters. The predicted octanol–water partition coefficient (Wildman–Crippen LogP) is 1.81. The minimum Gasteiger partial charge on any atom is -0.385 e. The molecule has 3 aliphatic rings. The van der Waals surface area contributed by atoms with Gasteiger partial charge in [0.15, 0.2) is 0 Å². The first-order chi connectivity index (χ1) is 13.0. The molecule has 5 nitrogen and oxygen atoms in total. The maximum atomic E-state index is 13.5. The van der Waals surface area contributed by atoms with Gasteiger partial charge in [-0.1, -0.05) is 18.6 Å². The number of benzene rings is 1. The van der Waals surface area contributed by atoms with Crippen LogP contribution in [-0.4, -0.2) is 77.6 Å². The van der Waals surface area contributed by atoms with Crippen molar-refractivity contribution in [1.82, 2.24) is 14.7 Å². The Morgan fingerprint density at radius 1 is 1.11 bits per heavy atom. The van der Waals surface area contributed by atoms with Crippen molar-refractivity contribution in [3.05, 3.63) is 35.6 Å². The summed E-state index contributed by atoms with van der Waals surface area (Å²) in [4.78, 5) is 19.3. The summed E-state index contributed by atoms with van der Waals surface area (Å²) in [5.41, 5.74) is -0.351. The van der Waals surface area contributed by atoms with E-state index in [2.05, 4.69) is 9.80 Å². The highest BCUT2D eigenvalue weighted by molar-refractivity contribution is 5.78. The molecule has 2 aliphatic heterocycles. The Bertz CT molecular complexity index is 663. The Morgan fingerprint density at radius 3 is 2.41 bits per heavy atom. The molecule has 1 aromatic carbocycles. The van der Waals surface area contributed by atoms with Crippen LogP contribution >= 0.6 is 0 Å². The van der Waals surface area contributed by atoms with Gasteiger partial charge in [0.05, 0.1) is 12.1 Å². The van der Waals surface area contributed by atoms with E-state index in [4.69, 9.17) is 0 Å². The summed E-state index contributed by atoms with van der Waals surface area (Å²) >= 11 is 0. The summed E-state index contributed by atoms with van der Waals surface area (Å²) in [7, 11) is 0. The number of amides is 1. The quantitative estimate of drug-likeness (QED) is 0.872. The van der Waals surface area contributed by atoms with Crippen LogP contribution in [-0.2, 0) is 10.4 Å². The van der Waals surface area contributed by atoms with Crippen LogP contribution in [0.4, 0.5) is 4.39 Å². The van der Waals surface area contributed by atoms with Crippen LogP contribution in [0.2, 0.25) is 0 Å². The van der Waals surface area contributed by atoms with Gasteiger partial charge >= 0.3 is 0 Å². The zero-order chi connectivity index (χ0) is 18.9. The van der Waals surface area contributed by atoms with E-state index in [0.717, 1.165) is 32.2 Å². The summed E-state index contributed by atoms with van der Waals surface area (Å²) in [6.07, 6.45) is 5.03. The highest BCUT2D eigenvalue weighted by atomic mass is 19.1. The van der Waals surface area contributed by atoms with Crippen molar-refractivity contribution in [2.24, 2.45) is 0 Å². The summed E-state index contributed by atoms with van der Waals surface area (Å²) < 4.78 is 13.5. The molecule has 4 rings (SSSR count). The first-order valence-electron chi connectivity index (χ1n) is 10.3. The number of rotatable bonds is 4. The Hall–Kier alpha value is -1.50. The minimum atomic E-state index is -0.990. The second-order valence-electron chi connectivity index (χ2n) is 8.32. The van der Waals surface area contributed by atoms with Gasteiger partial charge in [-0.3, -0.25) is 14.6 Å². The number of hydrogen-bond donors (Lipinski definition) is 1.